The Hall–Kier alpha value is -2.66. The van der Waals surface area contributed by atoms with Crippen LogP contribution in [0.3, 0.4) is 0 Å². The van der Waals surface area contributed by atoms with Gasteiger partial charge in [0.15, 0.2) is 0 Å². The van der Waals surface area contributed by atoms with E-state index in [1.54, 1.807) is 12.4 Å². The van der Waals surface area contributed by atoms with Gasteiger partial charge in [-0.05, 0) is 42.7 Å². The van der Waals surface area contributed by atoms with E-state index in [1.807, 2.05) is 30.3 Å². The van der Waals surface area contributed by atoms with Crippen LogP contribution in [0.2, 0.25) is 0 Å². The van der Waals surface area contributed by atoms with Crippen molar-refractivity contribution in [1.29, 1.82) is 5.26 Å². The van der Waals surface area contributed by atoms with E-state index < -0.39 is 5.54 Å². The molecule has 0 aromatic carbocycles. The number of hydrogen-bond donors (Lipinski definition) is 0. The molecule has 2 aromatic heterocycles. The molecule has 2 aliphatic heterocycles. The highest BCUT2D eigenvalue weighted by atomic mass is 16.5. The van der Waals surface area contributed by atoms with E-state index in [0.717, 1.165) is 38.3 Å². The van der Waals surface area contributed by atoms with Crippen molar-refractivity contribution in [1.82, 2.24) is 19.8 Å². The van der Waals surface area contributed by atoms with Crippen molar-refractivity contribution in [3.63, 3.8) is 0 Å². The molecule has 150 valence electrons. The summed E-state index contributed by atoms with van der Waals surface area (Å²) in [6.45, 7) is 5.41. The number of piperazine rings is 1. The van der Waals surface area contributed by atoms with E-state index in [4.69, 9.17) is 10.00 Å². The van der Waals surface area contributed by atoms with E-state index in [-0.39, 0.29) is 5.78 Å². The minimum Gasteiger partial charge on any atom is -0.381 e. The molecule has 0 bridgehead atoms. The zero-order valence-corrected chi connectivity index (χ0v) is 16.5. The Labute approximate surface area is 170 Å². The number of pyridine rings is 2. The molecule has 29 heavy (non-hydrogen) atoms. The lowest BCUT2D eigenvalue weighted by atomic mass is 9.81. The van der Waals surface area contributed by atoms with Crippen LogP contribution in [0.1, 0.15) is 34.6 Å². The molecule has 4 heterocycles. The molecule has 2 aromatic rings. The molecule has 4 rings (SSSR count). The van der Waals surface area contributed by atoms with Gasteiger partial charge in [0.2, 0.25) is 5.78 Å². The summed E-state index contributed by atoms with van der Waals surface area (Å²) < 4.78 is 5.58. The first-order valence-corrected chi connectivity index (χ1v) is 10.1. The Kier molecular flexibility index (Phi) is 5.95. The number of aromatic nitrogens is 2. The van der Waals surface area contributed by atoms with Crippen molar-refractivity contribution < 1.29 is 9.53 Å². The van der Waals surface area contributed by atoms with Crippen LogP contribution in [0, 0.1) is 11.3 Å². The fourth-order valence-electron chi connectivity index (χ4n) is 4.36. The Balaban J connectivity index is 1.46. The molecule has 2 saturated heterocycles. The predicted molar refractivity (Wildman–Crippen MR) is 107 cm³/mol. The third-order valence-corrected chi connectivity index (χ3v) is 5.96. The first-order chi connectivity index (χ1) is 14.2. The van der Waals surface area contributed by atoms with Crippen LogP contribution in [-0.2, 0) is 11.3 Å². The molecule has 0 saturated carbocycles. The van der Waals surface area contributed by atoms with Gasteiger partial charge in [0, 0.05) is 58.3 Å². The van der Waals surface area contributed by atoms with Gasteiger partial charge in [0.1, 0.15) is 17.5 Å². The number of Topliss-reactive ketones (excluding diaryl/α,β-unsaturated/α-hetero) is 1. The zero-order valence-electron chi connectivity index (χ0n) is 16.5. The average Bonchev–Trinajstić information content (AvgIpc) is 2.80. The van der Waals surface area contributed by atoms with Crippen molar-refractivity contribution in [3.05, 3.63) is 59.7 Å². The van der Waals surface area contributed by atoms with Gasteiger partial charge in [-0.3, -0.25) is 19.6 Å². The molecule has 0 spiro atoms. The fourth-order valence-corrected chi connectivity index (χ4v) is 4.36. The largest absolute Gasteiger partial charge is 0.381 e. The molecular formula is C22H25N5O2. The second-order valence-corrected chi connectivity index (χ2v) is 7.61. The number of carbonyl (C=O) groups excluding carboxylic acids is 1. The van der Waals surface area contributed by atoms with Crippen molar-refractivity contribution in [3.8, 4) is 6.07 Å². The van der Waals surface area contributed by atoms with E-state index >= 15 is 0 Å². The standard InChI is InChI=1S/C22H25N5O2/c23-16-19-15-18(4-8-24-19)17-26-9-11-27(12-10-26)22(5-13-29-14-6-22)21(28)20-3-1-2-7-25-20/h1-4,7-8,15H,5-6,9-14,17H2. The van der Waals surface area contributed by atoms with Crippen molar-refractivity contribution in [2.24, 2.45) is 0 Å². The van der Waals surface area contributed by atoms with Gasteiger partial charge in [-0.25, -0.2) is 4.98 Å². The van der Waals surface area contributed by atoms with E-state index in [9.17, 15) is 4.79 Å². The van der Waals surface area contributed by atoms with Crippen molar-refractivity contribution in [2.75, 3.05) is 39.4 Å². The summed E-state index contributed by atoms with van der Waals surface area (Å²) in [4.78, 5) is 26.5. The highest BCUT2D eigenvalue weighted by Crippen LogP contribution is 2.32. The molecule has 2 fully saturated rings. The summed E-state index contributed by atoms with van der Waals surface area (Å²) in [7, 11) is 0. The van der Waals surface area contributed by atoms with Crippen LogP contribution < -0.4 is 0 Å². The van der Waals surface area contributed by atoms with Crippen LogP contribution >= 0.6 is 0 Å². The number of nitrogens with zero attached hydrogens (tertiary/aromatic N) is 5. The summed E-state index contributed by atoms with van der Waals surface area (Å²) in [5.41, 5.74) is 1.56. The number of rotatable bonds is 5. The minimum atomic E-state index is -0.524. The van der Waals surface area contributed by atoms with Gasteiger partial charge in [-0.15, -0.1) is 0 Å². The highest BCUT2D eigenvalue weighted by molar-refractivity contribution is 6.01. The van der Waals surface area contributed by atoms with Crippen LogP contribution in [0.4, 0.5) is 0 Å². The number of ether oxygens (including phenoxy) is 1. The van der Waals surface area contributed by atoms with Gasteiger partial charge in [-0.2, -0.15) is 5.26 Å². The third kappa shape index (κ3) is 4.20. The summed E-state index contributed by atoms with van der Waals surface area (Å²) in [5, 5.41) is 9.04. The second kappa shape index (κ2) is 8.78. The van der Waals surface area contributed by atoms with Gasteiger partial charge in [0.05, 0.1) is 5.54 Å². The molecule has 7 heteroatoms. The van der Waals surface area contributed by atoms with Crippen LogP contribution in [-0.4, -0.2) is 70.5 Å². The molecule has 0 atom stereocenters. The van der Waals surface area contributed by atoms with Crippen LogP contribution in [0.5, 0.6) is 0 Å². The Morgan fingerprint density at radius 3 is 2.59 bits per heavy atom. The molecule has 0 unspecified atom stereocenters. The highest BCUT2D eigenvalue weighted by Gasteiger charge is 2.46. The van der Waals surface area contributed by atoms with Crippen molar-refractivity contribution in [2.45, 2.75) is 24.9 Å². The zero-order chi connectivity index (χ0) is 20.1. The maximum Gasteiger partial charge on any atom is 0.201 e. The van der Waals surface area contributed by atoms with Crippen LogP contribution in [0.25, 0.3) is 0 Å². The Bertz CT molecular complexity index is 882. The maximum atomic E-state index is 13.5. The summed E-state index contributed by atoms with van der Waals surface area (Å²) in [6.07, 6.45) is 4.78. The van der Waals surface area contributed by atoms with E-state index in [2.05, 4.69) is 25.8 Å². The molecule has 0 N–H and O–H groups in total. The van der Waals surface area contributed by atoms with Gasteiger partial charge < -0.3 is 4.74 Å². The SMILES string of the molecule is N#Cc1cc(CN2CCN(C3(C(=O)c4ccccn4)CCOCC3)CC2)ccn1. The molecule has 7 nitrogen and oxygen atoms in total. The van der Waals surface area contributed by atoms with Crippen molar-refractivity contribution >= 4 is 5.78 Å². The maximum absolute atomic E-state index is 13.5. The summed E-state index contributed by atoms with van der Waals surface area (Å²) in [5.74, 6) is 0.114. The molecule has 0 amide bonds. The first-order valence-electron chi connectivity index (χ1n) is 10.1. The number of hydrogen-bond acceptors (Lipinski definition) is 7. The first kappa shape index (κ1) is 19.6. The molecule has 0 aliphatic carbocycles. The average molecular weight is 391 g/mol. The topological polar surface area (TPSA) is 82.4 Å². The Morgan fingerprint density at radius 2 is 1.90 bits per heavy atom. The minimum absolute atomic E-state index is 0.114. The number of nitriles is 1. The van der Waals surface area contributed by atoms with E-state index in [0.29, 0.717) is 37.4 Å². The Morgan fingerprint density at radius 1 is 1.10 bits per heavy atom. The monoisotopic (exact) mass is 391 g/mol. The van der Waals surface area contributed by atoms with E-state index in [1.165, 1.54) is 0 Å². The lowest BCUT2D eigenvalue weighted by molar-refractivity contribution is -0.0340. The van der Waals surface area contributed by atoms with Gasteiger partial charge >= 0.3 is 0 Å². The molecular weight excluding hydrogens is 366 g/mol. The van der Waals surface area contributed by atoms with Gasteiger partial charge in [-0.1, -0.05) is 6.07 Å². The molecule has 0 radical (unpaired) electrons. The third-order valence-electron chi connectivity index (χ3n) is 5.96. The number of carbonyl (C=O) groups is 1. The molecule has 2 aliphatic rings. The second-order valence-electron chi connectivity index (χ2n) is 7.61. The summed E-state index contributed by atoms with van der Waals surface area (Å²) >= 11 is 0. The van der Waals surface area contributed by atoms with Crippen LogP contribution in [0.15, 0.2) is 42.7 Å². The number of ketones is 1. The predicted octanol–water partition coefficient (Wildman–Crippen LogP) is 1.90. The van der Waals surface area contributed by atoms with Gasteiger partial charge in [0.25, 0.3) is 0 Å². The quantitative estimate of drug-likeness (QED) is 0.720. The smallest absolute Gasteiger partial charge is 0.201 e. The lowest BCUT2D eigenvalue weighted by Gasteiger charge is -2.48. The lowest BCUT2D eigenvalue weighted by Crippen LogP contribution is -2.62. The fraction of sp³-hybridized carbons (Fsp3) is 0.455. The summed E-state index contributed by atoms with van der Waals surface area (Å²) in [6, 6.07) is 11.4. The normalized spacial score (nSPS) is 20.1.